The molecular formula is C12H15Cl2P. The molecule has 0 aliphatic rings. The van der Waals surface area contributed by atoms with Crippen molar-refractivity contribution in [3.8, 4) is 11.1 Å². The molecule has 2 aromatic rings. The first-order chi connectivity index (χ1) is 5.97. The summed E-state index contributed by atoms with van der Waals surface area (Å²) < 4.78 is 0. The Morgan fingerprint density at radius 3 is 1.00 bits per heavy atom. The van der Waals surface area contributed by atoms with E-state index in [1.54, 1.807) is 0 Å². The summed E-state index contributed by atoms with van der Waals surface area (Å²) in [6.45, 7) is 0. The van der Waals surface area contributed by atoms with Crippen molar-refractivity contribution < 1.29 is 0 Å². The van der Waals surface area contributed by atoms with E-state index in [2.05, 4.69) is 48.5 Å². The summed E-state index contributed by atoms with van der Waals surface area (Å²) >= 11 is 0. The zero-order valence-corrected chi connectivity index (χ0v) is 11.3. The smallest absolute Gasteiger partial charge is 0.0184 e. The van der Waals surface area contributed by atoms with Crippen molar-refractivity contribution in [2.75, 3.05) is 0 Å². The van der Waals surface area contributed by atoms with Crippen LogP contribution in [0.25, 0.3) is 11.1 Å². The zero-order valence-electron chi connectivity index (χ0n) is 8.30. The van der Waals surface area contributed by atoms with Crippen molar-refractivity contribution in [2.45, 2.75) is 0 Å². The van der Waals surface area contributed by atoms with Crippen molar-refractivity contribution in [3.05, 3.63) is 60.7 Å². The molecule has 0 aromatic heterocycles. The molecule has 0 saturated carbocycles. The fourth-order valence-electron chi connectivity index (χ4n) is 1.26. The summed E-state index contributed by atoms with van der Waals surface area (Å²) in [6, 6.07) is 20.8. The molecule has 0 amide bonds. The lowest BCUT2D eigenvalue weighted by atomic mass is 10.1. The molecule has 0 aliphatic heterocycles. The average Bonchev–Trinajstić information content (AvgIpc) is 2.21. The molecule has 0 spiro atoms. The van der Waals surface area contributed by atoms with Crippen LogP contribution in [0.5, 0.6) is 0 Å². The van der Waals surface area contributed by atoms with Gasteiger partial charge < -0.3 is 0 Å². The van der Waals surface area contributed by atoms with E-state index < -0.39 is 0 Å². The van der Waals surface area contributed by atoms with Gasteiger partial charge in [-0.15, -0.1) is 24.8 Å². The number of benzene rings is 2. The van der Waals surface area contributed by atoms with E-state index in [0.29, 0.717) is 0 Å². The Kier molecular flexibility index (Phi) is 9.82. The molecule has 0 heterocycles. The Morgan fingerprint density at radius 1 is 0.467 bits per heavy atom. The van der Waals surface area contributed by atoms with E-state index in [9.17, 15) is 0 Å². The summed E-state index contributed by atoms with van der Waals surface area (Å²) in [5, 5.41) is 0. The van der Waals surface area contributed by atoms with Crippen LogP contribution in [-0.2, 0) is 0 Å². The Morgan fingerprint density at radius 2 is 0.733 bits per heavy atom. The van der Waals surface area contributed by atoms with Gasteiger partial charge in [-0.1, -0.05) is 60.7 Å². The van der Waals surface area contributed by atoms with E-state index in [4.69, 9.17) is 0 Å². The quantitative estimate of drug-likeness (QED) is 0.673. The van der Waals surface area contributed by atoms with E-state index in [0.717, 1.165) is 0 Å². The maximum absolute atomic E-state index is 2.12. The molecule has 1 unspecified atom stereocenters. The van der Waals surface area contributed by atoms with Crippen LogP contribution in [0.1, 0.15) is 0 Å². The van der Waals surface area contributed by atoms with Gasteiger partial charge in [0.25, 0.3) is 0 Å². The van der Waals surface area contributed by atoms with Crippen LogP contribution in [0.3, 0.4) is 0 Å². The predicted octanol–water partition coefficient (Wildman–Crippen LogP) is 4.26. The van der Waals surface area contributed by atoms with E-state index in [1.807, 2.05) is 12.1 Å². The second-order valence-corrected chi connectivity index (χ2v) is 2.73. The lowest BCUT2D eigenvalue weighted by Gasteiger charge is -1.98. The Bertz CT molecular complexity index is 311. The Balaban J connectivity index is 0. The minimum absolute atomic E-state index is 0. The summed E-state index contributed by atoms with van der Waals surface area (Å²) in [6.07, 6.45) is 0. The third-order valence-electron chi connectivity index (χ3n) is 1.88. The molecule has 0 saturated heterocycles. The van der Waals surface area contributed by atoms with Crippen LogP contribution in [0.4, 0.5) is 0 Å². The fourth-order valence-corrected chi connectivity index (χ4v) is 1.26. The van der Waals surface area contributed by atoms with E-state index in [1.165, 1.54) is 11.1 Å². The minimum atomic E-state index is 0. The molecule has 0 nitrogen and oxygen atoms in total. The van der Waals surface area contributed by atoms with Crippen LogP contribution < -0.4 is 0 Å². The number of hydrogen-bond acceptors (Lipinski definition) is 0. The number of hydrogen-bond donors (Lipinski definition) is 0. The van der Waals surface area contributed by atoms with E-state index in [-0.39, 0.29) is 34.7 Å². The van der Waals surface area contributed by atoms with Crippen molar-refractivity contribution in [2.24, 2.45) is 0 Å². The van der Waals surface area contributed by atoms with Crippen LogP contribution in [0, 0.1) is 0 Å². The van der Waals surface area contributed by atoms with Gasteiger partial charge in [-0.3, -0.25) is 0 Å². The highest BCUT2D eigenvalue weighted by Gasteiger charge is 1.91. The van der Waals surface area contributed by atoms with Gasteiger partial charge >= 0.3 is 0 Å². The third-order valence-corrected chi connectivity index (χ3v) is 1.88. The molecule has 1 atom stereocenters. The lowest BCUT2D eigenvalue weighted by Crippen LogP contribution is -1.73. The molecular weight excluding hydrogens is 246 g/mol. The zero-order chi connectivity index (χ0) is 8.23. The number of halogens is 2. The summed E-state index contributed by atoms with van der Waals surface area (Å²) in [5.74, 6) is 0. The average molecular weight is 261 g/mol. The third kappa shape index (κ3) is 4.66. The highest BCUT2D eigenvalue weighted by Crippen LogP contribution is 2.17. The van der Waals surface area contributed by atoms with Crippen molar-refractivity contribution >= 4 is 34.7 Å². The fraction of sp³-hybridized carbons (Fsp3) is 0. The largest absolute Gasteiger partial charge is 0.153 e. The summed E-state index contributed by atoms with van der Waals surface area (Å²) in [5.41, 5.74) is 2.55. The molecule has 0 bridgehead atoms. The second kappa shape index (κ2) is 8.73. The molecule has 3 heteroatoms. The lowest BCUT2D eigenvalue weighted by molar-refractivity contribution is 1.62. The van der Waals surface area contributed by atoms with Crippen LogP contribution in [-0.4, -0.2) is 0 Å². The minimum Gasteiger partial charge on any atom is -0.153 e. The van der Waals surface area contributed by atoms with Gasteiger partial charge in [0.05, 0.1) is 0 Å². The Labute approximate surface area is 107 Å². The van der Waals surface area contributed by atoms with E-state index >= 15 is 0 Å². The van der Waals surface area contributed by atoms with Gasteiger partial charge in [0.2, 0.25) is 0 Å². The van der Waals surface area contributed by atoms with Crippen LogP contribution in [0.15, 0.2) is 60.7 Å². The summed E-state index contributed by atoms with van der Waals surface area (Å²) in [4.78, 5) is 0. The normalized spacial score (nSPS) is 7.73. The molecule has 2 aromatic carbocycles. The predicted molar refractivity (Wildman–Crippen MR) is 77.5 cm³/mol. The Hall–Kier alpha value is -0.550. The molecule has 0 aliphatic carbocycles. The molecule has 0 radical (unpaired) electrons. The molecule has 0 fully saturated rings. The van der Waals surface area contributed by atoms with Crippen molar-refractivity contribution in [3.63, 3.8) is 0 Å². The van der Waals surface area contributed by atoms with Gasteiger partial charge in [-0.05, 0) is 11.1 Å². The first kappa shape index (κ1) is 16.9. The van der Waals surface area contributed by atoms with Crippen LogP contribution >= 0.6 is 34.7 Å². The first-order valence-corrected chi connectivity index (χ1v) is 4.07. The van der Waals surface area contributed by atoms with Crippen molar-refractivity contribution in [1.29, 1.82) is 0 Å². The molecule has 2 rings (SSSR count). The van der Waals surface area contributed by atoms with Gasteiger partial charge in [0, 0.05) is 0 Å². The van der Waals surface area contributed by atoms with Gasteiger partial charge in [0.15, 0.2) is 0 Å². The van der Waals surface area contributed by atoms with Gasteiger partial charge in [-0.25, -0.2) is 0 Å². The topological polar surface area (TPSA) is 0 Å². The molecule has 0 N–H and O–H groups in total. The first-order valence-electron chi connectivity index (χ1n) is 4.07. The van der Waals surface area contributed by atoms with Crippen molar-refractivity contribution in [1.82, 2.24) is 0 Å². The highest BCUT2D eigenvalue weighted by atomic mass is 35.5. The monoisotopic (exact) mass is 260 g/mol. The summed E-state index contributed by atoms with van der Waals surface area (Å²) in [7, 11) is 0. The maximum Gasteiger partial charge on any atom is -0.0184 e. The number of rotatable bonds is 1. The van der Waals surface area contributed by atoms with Gasteiger partial charge in [-0.2, -0.15) is 9.90 Å². The standard InChI is InChI=1S/C12H10.2ClH.H3P/c1-3-7-11(8-4-1)12-9-5-2-6-10-12;;;/h1-10H;2*1H;1H3. The highest BCUT2D eigenvalue weighted by molar-refractivity contribution is 6.92. The second-order valence-electron chi connectivity index (χ2n) is 2.73. The molecule has 15 heavy (non-hydrogen) atoms. The maximum atomic E-state index is 2.12. The van der Waals surface area contributed by atoms with Gasteiger partial charge in [0.1, 0.15) is 0 Å². The molecule has 82 valence electrons. The van der Waals surface area contributed by atoms with Crippen LogP contribution in [0.2, 0.25) is 0 Å². The SMILES string of the molecule is Cl.Cl.P.c1ccc(-c2ccccc2)cc1.